The molecule has 1 aliphatic heterocycles. The van der Waals surface area contributed by atoms with Crippen LogP contribution in [-0.2, 0) is 0 Å². The van der Waals surface area contributed by atoms with Crippen LogP contribution in [0.15, 0.2) is 34.2 Å². The second-order valence-electron chi connectivity index (χ2n) is 5.61. The third-order valence-corrected chi connectivity index (χ3v) is 5.22. The molecular weight excluding hydrogens is 332 g/mol. The van der Waals surface area contributed by atoms with Gasteiger partial charge in [0, 0.05) is 29.1 Å². The van der Waals surface area contributed by atoms with Crippen molar-refractivity contribution in [3.63, 3.8) is 0 Å². The molecule has 0 spiro atoms. The molecule has 0 N–H and O–H groups in total. The van der Waals surface area contributed by atoms with Crippen LogP contribution in [0.2, 0.25) is 5.02 Å². The molecule has 118 valence electrons. The molecule has 1 unspecified atom stereocenters. The highest BCUT2D eigenvalue weighted by molar-refractivity contribution is 7.14. The van der Waals surface area contributed by atoms with Gasteiger partial charge in [-0.25, -0.2) is 4.98 Å². The fourth-order valence-electron chi connectivity index (χ4n) is 2.82. The highest BCUT2D eigenvalue weighted by Gasteiger charge is 2.29. The van der Waals surface area contributed by atoms with Gasteiger partial charge in [-0.15, -0.1) is 11.3 Å². The van der Waals surface area contributed by atoms with Gasteiger partial charge in [-0.1, -0.05) is 35.0 Å². The standard InChI is InChI=1S/C16H15ClN4OS/c1-10-18-15(22-20-10)11-6-7-21(8-11)16-19-14(9-23-16)12-4-2-3-5-13(12)17/h2-5,9,11H,6-8H2,1H3. The average Bonchev–Trinajstić information content (AvgIpc) is 3.27. The van der Waals surface area contributed by atoms with Gasteiger partial charge in [0.1, 0.15) is 0 Å². The maximum absolute atomic E-state index is 6.26. The third-order valence-electron chi connectivity index (χ3n) is 3.99. The molecule has 5 nitrogen and oxygen atoms in total. The van der Waals surface area contributed by atoms with Crippen LogP contribution in [0, 0.1) is 6.92 Å². The summed E-state index contributed by atoms with van der Waals surface area (Å²) in [5, 5.41) is 7.68. The van der Waals surface area contributed by atoms with Gasteiger partial charge in [-0.3, -0.25) is 0 Å². The lowest BCUT2D eigenvalue weighted by molar-refractivity contribution is 0.356. The van der Waals surface area contributed by atoms with Gasteiger partial charge in [0.2, 0.25) is 5.89 Å². The van der Waals surface area contributed by atoms with Crippen molar-refractivity contribution in [2.45, 2.75) is 19.3 Å². The van der Waals surface area contributed by atoms with Gasteiger partial charge in [0.25, 0.3) is 0 Å². The monoisotopic (exact) mass is 346 g/mol. The Hall–Kier alpha value is -1.92. The lowest BCUT2D eigenvalue weighted by atomic mass is 10.1. The maximum Gasteiger partial charge on any atom is 0.231 e. The molecule has 4 rings (SSSR count). The summed E-state index contributed by atoms with van der Waals surface area (Å²) < 4.78 is 5.30. The average molecular weight is 347 g/mol. The molecule has 1 aromatic carbocycles. The van der Waals surface area contributed by atoms with E-state index < -0.39 is 0 Å². The molecule has 7 heteroatoms. The highest BCUT2D eigenvalue weighted by Crippen LogP contribution is 2.35. The smallest absolute Gasteiger partial charge is 0.231 e. The molecule has 1 saturated heterocycles. The van der Waals surface area contributed by atoms with Crippen LogP contribution in [-0.4, -0.2) is 28.2 Å². The normalized spacial score (nSPS) is 17.8. The topological polar surface area (TPSA) is 55.1 Å². The Bertz CT molecular complexity index is 831. The number of rotatable bonds is 3. The molecule has 23 heavy (non-hydrogen) atoms. The number of thiazole rings is 1. The molecule has 1 atom stereocenters. The van der Waals surface area contributed by atoms with Crippen molar-refractivity contribution in [1.82, 2.24) is 15.1 Å². The number of hydrogen-bond donors (Lipinski definition) is 0. The predicted octanol–water partition coefficient (Wildman–Crippen LogP) is 4.15. The highest BCUT2D eigenvalue weighted by atomic mass is 35.5. The quantitative estimate of drug-likeness (QED) is 0.713. The van der Waals surface area contributed by atoms with Crippen molar-refractivity contribution in [3.8, 4) is 11.3 Å². The van der Waals surface area contributed by atoms with Crippen molar-refractivity contribution in [2.75, 3.05) is 18.0 Å². The minimum absolute atomic E-state index is 0.281. The van der Waals surface area contributed by atoms with E-state index in [0.29, 0.717) is 5.82 Å². The van der Waals surface area contributed by atoms with Crippen molar-refractivity contribution in [3.05, 3.63) is 46.4 Å². The fourth-order valence-corrected chi connectivity index (χ4v) is 3.91. The van der Waals surface area contributed by atoms with E-state index in [1.807, 2.05) is 31.2 Å². The molecule has 0 saturated carbocycles. The van der Waals surface area contributed by atoms with E-state index in [0.717, 1.165) is 46.8 Å². The number of anilines is 1. The number of aryl methyl sites for hydroxylation is 1. The minimum Gasteiger partial charge on any atom is -0.347 e. The number of aromatic nitrogens is 3. The van der Waals surface area contributed by atoms with Crippen molar-refractivity contribution in [2.24, 2.45) is 0 Å². The molecule has 0 radical (unpaired) electrons. The van der Waals surface area contributed by atoms with E-state index in [1.54, 1.807) is 11.3 Å². The third kappa shape index (κ3) is 2.84. The minimum atomic E-state index is 0.281. The predicted molar refractivity (Wildman–Crippen MR) is 91.2 cm³/mol. The molecule has 1 fully saturated rings. The lowest BCUT2D eigenvalue weighted by Crippen LogP contribution is -2.18. The Balaban J connectivity index is 1.53. The zero-order valence-electron chi connectivity index (χ0n) is 12.6. The van der Waals surface area contributed by atoms with Crippen molar-refractivity contribution in [1.29, 1.82) is 0 Å². The van der Waals surface area contributed by atoms with Gasteiger partial charge in [-0.05, 0) is 19.4 Å². The largest absolute Gasteiger partial charge is 0.347 e. The Morgan fingerprint density at radius 3 is 2.96 bits per heavy atom. The van der Waals surface area contributed by atoms with Gasteiger partial charge < -0.3 is 9.42 Å². The summed E-state index contributed by atoms with van der Waals surface area (Å²) in [5.74, 6) is 1.70. The Morgan fingerprint density at radius 2 is 2.17 bits per heavy atom. The van der Waals surface area contributed by atoms with E-state index in [-0.39, 0.29) is 5.92 Å². The summed E-state index contributed by atoms with van der Waals surface area (Å²) in [6.07, 6.45) is 1.00. The number of hydrogen-bond acceptors (Lipinski definition) is 6. The van der Waals surface area contributed by atoms with Crippen LogP contribution in [0.25, 0.3) is 11.3 Å². The molecular formula is C16H15ClN4OS. The van der Waals surface area contributed by atoms with Crippen LogP contribution in [0.3, 0.4) is 0 Å². The summed E-state index contributed by atoms with van der Waals surface area (Å²) in [5.41, 5.74) is 1.90. The van der Waals surface area contributed by atoms with Gasteiger partial charge >= 0.3 is 0 Å². The zero-order valence-corrected chi connectivity index (χ0v) is 14.1. The first-order chi connectivity index (χ1) is 11.2. The first-order valence-electron chi connectivity index (χ1n) is 7.46. The zero-order chi connectivity index (χ0) is 15.8. The Labute approximate surface area is 142 Å². The van der Waals surface area contributed by atoms with Crippen LogP contribution in [0.1, 0.15) is 24.1 Å². The van der Waals surface area contributed by atoms with E-state index in [2.05, 4.69) is 20.4 Å². The van der Waals surface area contributed by atoms with Gasteiger partial charge in [0.05, 0.1) is 11.6 Å². The molecule has 3 aromatic rings. The maximum atomic E-state index is 6.26. The molecule has 0 aliphatic carbocycles. The molecule has 2 aromatic heterocycles. The Morgan fingerprint density at radius 1 is 1.30 bits per heavy atom. The first-order valence-corrected chi connectivity index (χ1v) is 8.72. The second kappa shape index (κ2) is 5.94. The van der Waals surface area contributed by atoms with E-state index in [1.165, 1.54) is 0 Å². The molecule has 1 aliphatic rings. The summed E-state index contributed by atoms with van der Waals surface area (Å²) >= 11 is 7.90. The van der Waals surface area contributed by atoms with Crippen molar-refractivity contribution < 1.29 is 4.52 Å². The van der Waals surface area contributed by atoms with E-state index >= 15 is 0 Å². The lowest BCUT2D eigenvalue weighted by Gasteiger charge is -2.13. The first kappa shape index (κ1) is 14.7. The Kier molecular flexibility index (Phi) is 3.79. The fraction of sp³-hybridized carbons (Fsp3) is 0.312. The van der Waals surface area contributed by atoms with E-state index in [9.17, 15) is 0 Å². The van der Waals surface area contributed by atoms with Gasteiger partial charge in [-0.2, -0.15) is 4.98 Å². The summed E-state index contributed by atoms with van der Waals surface area (Å²) in [6.45, 7) is 3.65. The summed E-state index contributed by atoms with van der Waals surface area (Å²) in [6, 6.07) is 7.79. The van der Waals surface area contributed by atoms with Crippen LogP contribution >= 0.6 is 22.9 Å². The molecule has 0 bridgehead atoms. The molecule has 0 amide bonds. The summed E-state index contributed by atoms with van der Waals surface area (Å²) in [7, 11) is 0. The van der Waals surface area contributed by atoms with Crippen molar-refractivity contribution >= 4 is 28.1 Å². The number of nitrogens with zero attached hydrogens (tertiary/aromatic N) is 4. The van der Waals surface area contributed by atoms with Crippen LogP contribution < -0.4 is 4.90 Å². The van der Waals surface area contributed by atoms with E-state index in [4.69, 9.17) is 21.1 Å². The summed E-state index contributed by atoms with van der Waals surface area (Å²) in [4.78, 5) is 11.4. The molecule has 3 heterocycles. The van der Waals surface area contributed by atoms with Crippen LogP contribution in [0.4, 0.5) is 5.13 Å². The number of benzene rings is 1. The van der Waals surface area contributed by atoms with Crippen LogP contribution in [0.5, 0.6) is 0 Å². The SMILES string of the molecule is Cc1noc(C2CCN(c3nc(-c4ccccc4Cl)cs3)C2)n1. The van der Waals surface area contributed by atoms with Gasteiger partial charge in [0.15, 0.2) is 11.0 Å². The second-order valence-corrected chi connectivity index (χ2v) is 6.85. The number of halogens is 1.